The van der Waals surface area contributed by atoms with Crippen molar-refractivity contribution in [3.63, 3.8) is 0 Å². The van der Waals surface area contributed by atoms with Gasteiger partial charge in [-0.05, 0) is 28.8 Å². The molecule has 21 heavy (non-hydrogen) atoms. The molecule has 0 fully saturated rings. The van der Waals surface area contributed by atoms with Crippen LogP contribution in [0.15, 0.2) is 61.2 Å². The molecule has 0 amide bonds. The van der Waals surface area contributed by atoms with Gasteiger partial charge in [-0.2, -0.15) is 5.10 Å². The van der Waals surface area contributed by atoms with Gasteiger partial charge < -0.3 is 0 Å². The fraction of sp³-hybridized carbons (Fsp3) is 0. The lowest BCUT2D eigenvalue weighted by Crippen LogP contribution is -1.87. The number of benzene rings is 2. The summed E-state index contributed by atoms with van der Waals surface area (Å²) < 4.78 is 1.56. The Morgan fingerprint density at radius 1 is 0.952 bits per heavy atom. The summed E-state index contributed by atoms with van der Waals surface area (Å²) in [5.74, 6) is 0. The molecule has 1 aromatic heterocycles. The fourth-order valence-corrected chi connectivity index (χ4v) is 2.29. The standard InChI is InChI=1S/C16H11Cl2N3/c17-15-7-5-13(6-8-15)12-1-3-14(4-2-12)16(18)9-21-11-19-10-20-21/h1-11H/b16-9+. The van der Waals surface area contributed by atoms with Crippen molar-refractivity contribution < 1.29 is 0 Å². The largest absolute Gasteiger partial charge is 0.227 e. The minimum absolute atomic E-state index is 0.600. The maximum atomic E-state index is 6.27. The molecular weight excluding hydrogens is 305 g/mol. The maximum absolute atomic E-state index is 6.27. The van der Waals surface area contributed by atoms with E-state index in [0.717, 1.165) is 21.7 Å². The predicted octanol–water partition coefficient (Wildman–Crippen LogP) is 4.79. The van der Waals surface area contributed by atoms with Crippen molar-refractivity contribution in [2.24, 2.45) is 0 Å². The molecule has 0 atom stereocenters. The van der Waals surface area contributed by atoms with Crippen LogP contribution in [0.2, 0.25) is 5.02 Å². The zero-order valence-corrected chi connectivity index (χ0v) is 12.5. The van der Waals surface area contributed by atoms with Gasteiger partial charge >= 0.3 is 0 Å². The van der Waals surface area contributed by atoms with Crippen LogP contribution in [0.1, 0.15) is 5.56 Å². The number of nitrogens with zero attached hydrogens (tertiary/aromatic N) is 3. The highest BCUT2D eigenvalue weighted by molar-refractivity contribution is 6.50. The first-order chi connectivity index (χ1) is 10.2. The zero-order valence-electron chi connectivity index (χ0n) is 10.9. The highest BCUT2D eigenvalue weighted by Crippen LogP contribution is 2.25. The first-order valence-corrected chi connectivity index (χ1v) is 7.06. The summed E-state index contributed by atoms with van der Waals surface area (Å²) in [7, 11) is 0. The average molecular weight is 316 g/mol. The third-order valence-corrected chi connectivity index (χ3v) is 3.59. The monoisotopic (exact) mass is 315 g/mol. The number of hydrogen-bond donors (Lipinski definition) is 0. The quantitative estimate of drug-likeness (QED) is 0.695. The van der Waals surface area contributed by atoms with Gasteiger partial charge in [-0.1, -0.05) is 59.6 Å². The van der Waals surface area contributed by atoms with Crippen molar-refractivity contribution in [2.75, 3.05) is 0 Å². The molecule has 0 saturated carbocycles. The average Bonchev–Trinajstić information content (AvgIpc) is 3.01. The molecule has 5 heteroatoms. The van der Waals surface area contributed by atoms with E-state index >= 15 is 0 Å². The van der Waals surface area contributed by atoms with Crippen LogP contribution in [0, 0.1) is 0 Å². The number of rotatable bonds is 3. The summed E-state index contributed by atoms with van der Waals surface area (Å²) in [4.78, 5) is 3.87. The van der Waals surface area contributed by atoms with Gasteiger partial charge in [0.15, 0.2) is 0 Å². The van der Waals surface area contributed by atoms with Crippen molar-refractivity contribution in [3.05, 3.63) is 71.8 Å². The zero-order chi connectivity index (χ0) is 14.7. The second-order valence-corrected chi connectivity index (χ2v) is 5.28. The van der Waals surface area contributed by atoms with Crippen molar-refractivity contribution in [1.29, 1.82) is 0 Å². The van der Waals surface area contributed by atoms with Crippen molar-refractivity contribution >= 4 is 34.4 Å². The molecule has 0 bridgehead atoms. The molecule has 3 rings (SSSR count). The molecule has 0 unspecified atom stereocenters. The Balaban J connectivity index is 1.85. The van der Waals surface area contributed by atoms with E-state index in [4.69, 9.17) is 23.2 Å². The summed E-state index contributed by atoms with van der Waals surface area (Å²) in [5.41, 5.74) is 3.15. The molecule has 2 aromatic carbocycles. The second kappa shape index (κ2) is 6.12. The van der Waals surface area contributed by atoms with Gasteiger partial charge in [0.1, 0.15) is 12.7 Å². The molecule has 104 valence electrons. The van der Waals surface area contributed by atoms with Crippen LogP contribution in [0.4, 0.5) is 0 Å². The van der Waals surface area contributed by atoms with E-state index in [9.17, 15) is 0 Å². The lowest BCUT2D eigenvalue weighted by atomic mass is 10.0. The van der Waals surface area contributed by atoms with Crippen LogP contribution < -0.4 is 0 Å². The van der Waals surface area contributed by atoms with Gasteiger partial charge in [-0.3, -0.25) is 0 Å². The molecule has 0 radical (unpaired) electrons. The van der Waals surface area contributed by atoms with Gasteiger partial charge in [0.2, 0.25) is 0 Å². The second-order valence-electron chi connectivity index (χ2n) is 4.44. The summed E-state index contributed by atoms with van der Waals surface area (Å²) >= 11 is 12.2. The van der Waals surface area contributed by atoms with Crippen LogP contribution in [0.5, 0.6) is 0 Å². The lowest BCUT2D eigenvalue weighted by molar-refractivity contribution is 0.936. The molecule has 0 aliphatic carbocycles. The van der Waals surface area contributed by atoms with Crippen LogP contribution in [0.25, 0.3) is 22.4 Å². The van der Waals surface area contributed by atoms with E-state index in [1.54, 1.807) is 17.2 Å². The fourth-order valence-electron chi connectivity index (χ4n) is 1.94. The van der Waals surface area contributed by atoms with E-state index in [2.05, 4.69) is 10.1 Å². The van der Waals surface area contributed by atoms with Crippen molar-refractivity contribution in [2.45, 2.75) is 0 Å². The van der Waals surface area contributed by atoms with Crippen LogP contribution in [-0.4, -0.2) is 14.8 Å². The van der Waals surface area contributed by atoms with Gasteiger partial charge in [0, 0.05) is 11.2 Å². The molecule has 0 saturated heterocycles. The van der Waals surface area contributed by atoms with Crippen LogP contribution in [0.3, 0.4) is 0 Å². The Labute approximate surface area is 132 Å². The lowest BCUT2D eigenvalue weighted by Gasteiger charge is -2.04. The molecule has 0 N–H and O–H groups in total. The van der Waals surface area contributed by atoms with Crippen molar-refractivity contribution in [1.82, 2.24) is 14.8 Å². The third kappa shape index (κ3) is 3.32. The van der Waals surface area contributed by atoms with Crippen LogP contribution in [-0.2, 0) is 0 Å². The summed E-state index contributed by atoms with van der Waals surface area (Å²) in [6.07, 6.45) is 4.76. The molecule has 1 heterocycles. The summed E-state index contributed by atoms with van der Waals surface area (Å²) in [6.45, 7) is 0. The van der Waals surface area contributed by atoms with E-state index in [-0.39, 0.29) is 0 Å². The highest BCUT2D eigenvalue weighted by Gasteiger charge is 2.01. The first kappa shape index (κ1) is 13.9. The summed E-state index contributed by atoms with van der Waals surface area (Å²) in [6, 6.07) is 15.7. The Hall–Kier alpha value is -2.10. The summed E-state index contributed by atoms with van der Waals surface area (Å²) in [5, 5.41) is 5.32. The maximum Gasteiger partial charge on any atom is 0.138 e. The van der Waals surface area contributed by atoms with Gasteiger partial charge in [0.05, 0.1) is 5.03 Å². The first-order valence-electron chi connectivity index (χ1n) is 6.30. The Morgan fingerprint density at radius 3 is 2.14 bits per heavy atom. The van der Waals surface area contributed by atoms with E-state index < -0.39 is 0 Å². The van der Waals surface area contributed by atoms with E-state index in [1.165, 1.54) is 6.33 Å². The predicted molar refractivity (Wildman–Crippen MR) is 86.9 cm³/mol. The highest BCUT2D eigenvalue weighted by atomic mass is 35.5. The molecule has 0 aliphatic rings. The Bertz CT molecular complexity index is 745. The van der Waals surface area contributed by atoms with Gasteiger partial charge in [-0.25, -0.2) is 9.67 Å². The van der Waals surface area contributed by atoms with Crippen molar-refractivity contribution in [3.8, 4) is 11.1 Å². The normalized spacial score (nSPS) is 11.6. The molecular formula is C16H11Cl2N3. The SMILES string of the molecule is Cl/C(=C/n1cncn1)c1ccc(-c2ccc(Cl)cc2)cc1. The molecule has 0 spiro atoms. The minimum atomic E-state index is 0.600. The molecule has 3 aromatic rings. The number of halogens is 2. The van der Waals surface area contributed by atoms with Crippen LogP contribution >= 0.6 is 23.2 Å². The number of aromatic nitrogens is 3. The van der Waals surface area contributed by atoms with E-state index in [1.807, 2.05) is 48.5 Å². The molecule has 0 aliphatic heterocycles. The van der Waals surface area contributed by atoms with Gasteiger partial charge in [0.25, 0.3) is 0 Å². The Kier molecular flexibility index (Phi) is 4.04. The Morgan fingerprint density at radius 2 is 1.57 bits per heavy atom. The minimum Gasteiger partial charge on any atom is -0.227 e. The van der Waals surface area contributed by atoms with Gasteiger partial charge in [-0.15, -0.1) is 0 Å². The smallest absolute Gasteiger partial charge is 0.138 e. The molecule has 3 nitrogen and oxygen atoms in total. The third-order valence-electron chi connectivity index (χ3n) is 3.02. The van der Waals surface area contributed by atoms with E-state index in [0.29, 0.717) is 5.03 Å². The topological polar surface area (TPSA) is 30.7 Å². The number of hydrogen-bond acceptors (Lipinski definition) is 2.